The Hall–Kier alpha value is -2.04. The molecule has 0 unspecified atom stereocenters. The first-order chi connectivity index (χ1) is 10.6. The number of rotatable bonds is 9. The summed E-state index contributed by atoms with van der Waals surface area (Å²) in [4.78, 5) is 23.4. The van der Waals surface area contributed by atoms with E-state index in [9.17, 15) is 9.59 Å². The number of aryl methyl sites for hydroxylation is 1. The molecular weight excluding hydrogens is 284 g/mol. The Morgan fingerprint density at radius 3 is 2.14 bits per heavy atom. The highest BCUT2D eigenvalue weighted by molar-refractivity contribution is 5.99. The van der Waals surface area contributed by atoms with Crippen LogP contribution >= 0.6 is 0 Å². The molecule has 1 aromatic rings. The predicted molar refractivity (Wildman–Crippen MR) is 83.7 cm³/mol. The van der Waals surface area contributed by atoms with Gasteiger partial charge in [-0.15, -0.1) is 0 Å². The summed E-state index contributed by atoms with van der Waals surface area (Å²) in [5.74, 6) is 1.01. The van der Waals surface area contributed by atoms with Crippen molar-refractivity contribution < 1.29 is 23.8 Å². The van der Waals surface area contributed by atoms with Crippen molar-refractivity contribution in [3.8, 4) is 11.5 Å². The molecule has 0 saturated heterocycles. The highest BCUT2D eigenvalue weighted by Crippen LogP contribution is 2.30. The minimum Gasteiger partial charge on any atom is -0.496 e. The molecule has 122 valence electrons. The van der Waals surface area contributed by atoms with Crippen molar-refractivity contribution in [1.82, 2.24) is 0 Å². The zero-order chi connectivity index (χ0) is 16.5. The molecule has 0 spiro atoms. The van der Waals surface area contributed by atoms with Crippen LogP contribution in [0.15, 0.2) is 12.1 Å². The highest BCUT2D eigenvalue weighted by Gasteiger charge is 2.16. The number of methoxy groups -OCH3 is 3. The summed E-state index contributed by atoms with van der Waals surface area (Å²) >= 11 is 0. The highest BCUT2D eigenvalue weighted by atomic mass is 16.5. The largest absolute Gasteiger partial charge is 0.496 e. The summed E-state index contributed by atoms with van der Waals surface area (Å²) in [7, 11) is 4.50. The van der Waals surface area contributed by atoms with Crippen molar-refractivity contribution >= 4 is 11.8 Å². The molecular formula is C17H24O5. The van der Waals surface area contributed by atoms with E-state index < -0.39 is 0 Å². The molecule has 0 atom stereocenters. The maximum atomic E-state index is 12.4. The molecule has 0 aromatic heterocycles. The topological polar surface area (TPSA) is 61.8 Å². The van der Waals surface area contributed by atoms with Crippen LogP contribution in [0.2, 0.25) is 0 Å². The number of benzene rings is 1. The molecule has 0 bridgehead atoms. The van der Waals surface area contributed by atoms with Gasteiger partial charge in [0.05, 0.1) is 26.9 Å². The first-order valence-electron chi connectivity index (χ1n) is 7.42. The van der Waals surface area contributed by atoms with E-state index in [1.807, 2.05) is 13.0 Å². The van der Waals surface area contributed by atoms with Crippen LogP contribution in [0.3, 0.4) is 0 Å². The number of esters is 1. The van der Waals surface area contributed by atoms with Crippen LogP contribution < -0.4 is 9.47 Å². The lowest BCUT2D eigenvalue weighted by molar-refractivity contribution is -0.140. The van der Waals surface area contributed by atoms with Gasteiger partial charge in [0.15, 0.2) is 5.78 Å². The van der Waals surface area contributed by atoms with Crippen LogP contribution in [-0.2, 0) is 16.0 Å². The SMILES string of the molecule is CCc1cc(C(=O)CCCCC(=O)OC)c(OC)cc1OC. The Balaban J connectivity index is 2.77. The van der Waals surface area contributed by atoms with E-state index in [-0.39, 0.29) is 11.8 Å². The number of hydrogen-bond donors (Lipinski definition) is 0. The van der Waals surface area contributed by atoms with Crippen molar-refractivity contribution in [2.24, 2.45) is 0 Å². The molecule has 5 nitrogen and oxygen atoms in total. The van der Waals surface area contributed by atoms with Crippen LogP contribution in [0.1, 0.15) is 48.5 Å². The molecule has 0 aliphatic rings. The Kier molecular flexibility index (Phi) is 7.43. The van der Waals surface area contributed by atoms with Crippen LogP contribution in [0.4, 0.5) is 0 Å². The molecule has 22 heavy (non-hydrogen) atoms. The van der Waals surface area contributed by atoms with Crippen molar-refractivity contribution in [3.05, 3.63) is 23.3 Å². The van der Waals surface area contributed by atoms with Crippen LogP contribution in [-0.4, -0.2) is 33.1 Å². The van der Waals surface area contributed by atoms with Gasteiger partial charge in [-0.2, -0.15) is 0 Å². The first kappa shape index (κ1) is 18.0. The molecule has 0 aliphatic carbocycles. The molecule has 0 fully saturated rings. The average Bonchev–Trinajstić information content (AvgIpc) is 2.56. The maximum absolute atomic E-state index is 12.4. The normalized spacial score (nSPS) is 10.2. The van der Waals surface area contributed by atoms with Crippen LogP contribution in [0.5, 0.6) is 11.5 Å². The molecule has 0 radical (unpaired) electrons. The number of ketones is 1. The summed E-state index contributed by atoms with van der Waals surface area (Å²) in [6.07, 6.45) is 2.77. The zero-order valence-corrected chi connectivity index (χ0v) is 13.7. The summed E-state index contributed by atoms with van der Waals surface area (Å²) in [6.45, 7) is 2.01. The summed E-state index contributed by atoms with van der Waals surface area (Å²) in [6, 6.07) is 3.58. The van der Waals surface area contributed by atoms with E-state index in [2.05, 4.69) is 4.74 Å². The van der Waals surface area contributed by atoms with Gasteiger partial charge in [-0.3, -0.25) is 9.59 Å². The predicted octanol–water partition coefficient (Wildman–Crippen LogP) is 3.18. The van der Waals surface area contributed by atoms with E-state index in [1.165, 1.54) is 14.2 Å². The summed E-state index contributed by atoms with van der Waals surface area (Å²) in [5.41, 5.74) is 1.54. The first-order valence-corrected chi connectivity index (χ1v) is 7.42. The fraction of sp³-hybridized carbons (Fsp3) is 0.529. The third-order valence-electron chi connectivity index (χ3n) is 3.55. The monoisotopic (exact) mass is 308 g/mol. The number of carbonyl (C=O) groups excluding carboxylic acids is 2. The fourth-order valence-corrected chi connectivity index (χ4v) is 2.25. The molecule has 1 aromatic carbocycles. The van der Waals surface area contributed by atoms with E-state index in [0.29, 0.717) is 37.0 Å². The van der Waals surface area contributed by atoms with Crippen molar-refractivity contribution in [3.63, 3.8) is 0 Å². The second-order valence-electron chi connectivity index (χ2n) is 4.92. The molecule has 1 rings (SSSR count). The quantitative estimate of drug-likeness (QED) is 0.398. The molecule has 0 aliphatic heterocycles. The van der Waals surface area contributed by atoms with Crippen LogP contribution in [0.25, 0.3) is 0 Å². The summed E-state index contributed by atoms with van der Waals surface area (Å²) in [5, 5.41) is 0. The van der Waals surface area contributed by atoms with Crippen LogP contribution in [0, 0.1) is 0 Å². The van der Waals surface area contributed by atoms with Gasteiger partial charge in [0.25, 0.3) is 0 Å². The number of ether oxygens (including phenoxy) is 3. The Morgan fingerprint density at radius 1 is 0.955 bits per heavy atom. The Bertz CT molecular complexity index is 522. The lowest BCUT2D eigenvalue weighted by atomic mass is 9.99. The van der Waals surface area contributed by atoms with Gasteiger partial charge in [0.2, 0.25) is 0 Å². The zero-order valence-electron chi connectivity index (χ0n) is 13.7. The molecule has 0 saturated carbocycles. The molecule has 5 heteroatoms. The van der Waals surface area contributed by atoms with Gasteiger partial charge < -0.3 is 14.2 Å². The van der Waals surface area contributed by atoms with Gasteiger partial charge in [0, 0.05) is 18.9 Å². The average molecular weight is 308 g/mol. The number of carbonyl (C=O) groups is 2. The van der Waals surface area contributed by atoms with Gasteiger partial charge >= 0.3 is 5.97 Å². The van der Waals surface area contributed by atoms with Crippen molar-refractivity contribution in [1.29, 1.82) is 0 Å². The third kappa shape index (κ3) is 4.76. The maximum Gasteiger partial charge on any atom is 0.305 e. The van der Waals surface area contributed by atoms with E-state index in [0.717, 1.165) is 17.7 Å². The minimum absolute atomic E-state index is 0.0130. The second kappa shape index (κ2) is 9.07. The molecule has 0 heterocycles. The van der Waals surface area contributed by atoms with Crippen molar-refractivity contribution in [2.45, 2.75) is 39.0 Å². The lowest BCUT2D eigenvalue weighted by Crippen LogP contribution is -2.05. The second-order valence-corrected chi connectivity index (χ2v) is 4.92. The Morgan fingerprint density at radius 2 is 1.59 bits per heavy atom. The van der Waals surface area contributed by atoms with E-state index in [4.69, 9.17) is 9.47 Å². The fourth-order valence-electron chi connectivity index (χ4n) is 2.25. The number of unbranched alkanes of at least 4 members (excludes halogenated alkanes) is 1. The number of hydrogen-bond acceptors (Lipinski definition) is 5. The third-order valence-corrected chi connectivity index (χ3v) is 3.55. The van der Waals surface area contributed by atoms with E-state index in [1.54, 1.807) is 13.2 Å². The number of Topliss-reactive ketones (excluding diaryl/α,β-unsaturated/α-hetero) is 1. The molecule has 0 N–H and O–H groups in total. The van der Waals surface area contributed by atoms with Gasteiger partial charge in [0.1, 0.15) is 11.5 Å². The van der Waals surface area contributed by atoms with Gasteiger partial charge in [-0.25, -0.2) is 0 Å². The van der Waals surface area contributed by atoms with Gasteiger partial charge in [-0.1, -0.05) is 6.92 Å². The van der Waals surface area contributed by atoms with Gasteiger partial charge in [-0.05, 0) is 30.9 Å². The standard InChI is InChI=1S/C17H24O5/c1-5-12-10-13(16(21-3)11-15(12)20-2)14(18)8-6-7-9-17(19)22-4/h10-11H,5-9H2,1-4H3. The minimum atomic E-state index is -0.247. The Labute approximate surface area is 131 Å². The van der Waals surface area contributed by atoms with Crippen molar-refractivity contribution in [2.75, 3.05) is 21.3 Å². The molecule has 0 amide bonds. The van der Waals surface area contributed by atoms with E-state index >= 15 is 0 Å². The lowest BCUT2D eigenvalue weighted by Gasteiger charge is -2.13. The smallest absolute Gasteiger partial charge is 0.305 e. The summed E-state index contributed by atoms with van der Waals surface area (Å²) < 4.78 is 15.2.